The van der Waals surface area contributed by atoms with Gasteiger partial charge in [-0.1, -0.05) is 6.07 Å². The zero-order chi connectivity index (χ0) is 15.3. The maximum absolute atomic E-state index is 11.9. The molecule has 1 atom stereocenters. The van der Waals surface area contributed by atoms with Crippen LogP contribution >= 0.6 is 0 Å². The van der Waals surface area contributed by atoms with Crippen LogP contribution in [0, 0.1) is 20.8 Å². The van der Waals surface area contributed by atoms with Crippen LogP contribution in [0.3, 0.4) is 0 Å². The van der Waals surface area contributed by atoms with Crippen molar-refractivity contribution in [3.63, 3.8) is 0 Å². The van der Waals surface area contributed by atoms with Gasteiger partial charge < -0.3 is 15.0 Å². The fraction of sp³-hybridized carbons (Fsp3) is 0.562. The molecule has 20 heavy (non-hydrogen) atoms. The van der Waals surface area contributed by atoms with Crippen molar-refractivity contribution < 1.29 is 9.53 Å². The summed E-state index contributed by atoms with van der Waals surface area (Å²) in [6.45, 7) is 9.17. The molecule has 112 valence electrons. The van der Waals surface area contributed by atoms with Crippen LogP contribution in [0.25, 0.3) is 0 Å². The van der Waals surface area contributed by atoms with Crippen molar-refractivity contribution in [2.75, 3.05) is 32.6 Å². The third-order valence-electron chi connectivity index (χ3n) is 3.32. The van der Waals surface area contributed by atoms with Gasteiger partial charge in [-0.15, -0.1) is 0 Å². The van der Waals surface area contributed by atoms with E-state index in [0.29, 0.717) is 6.61 Å². The number of ether oxygens (including phenoxy) is 1. The van der Waals surface area contributed by atoms with Gasteiger partial charge in [-0.2, -0.15) is 0 Å². The quantitative estimate of drug-likeness (QED) is 0.812. The number of likely N-dealkylation sites (N-methyl/N-ethyl adjacent to an activating group) is 1. The lowest BCUT2D eigenvalue weighted by Crippen LogP contribution is -2.30. The van der Waals surface area contributed by atoms with Gasteiger partial charge in [0.1, 0.15) is 12.6 Å². The molecular weight excluding hydrogens is 252 g/mol. The van der Waals surface area contributed by atoms with Crippen LogP contribution in [0.2, 0.25) is 0 Å². The molecule has 1 rings (SSSR count). The summed E-state index contributed by atoms with van der Waals surface area (Å²) in [4.78, 5) is 13.9. The molecule has 0 fully saturated rings. The van der Waals surface area contributed by atoms with Crippen LogP contribution in [-0.4, -0.2) is 44.2 Å². The second-order valence-electron chi connectivity index (χ2n) is 5.59. The Balaban J connectivity index is 2.61. The first-order valence-corrected chi connectivity index (χ1v) is 6.97. The number of carbonyl (C=O) groups is 1. The standard InChI is InChI=1S/C16H26N2O2/c1-11-9-12(2)13(3)15(10-11)17-14(4)16(19)20-8-7-18(5)6/h9-10,14,17H,7-8H2,1-6H3/t14-/m0/s1. The number of benzene rings is 1. The smallest absolute Gasteiger partial charge is 0.328 e. The minimum atomic E-state index is -0.350. The Morgan fingerprint density at radius 2 is 1.95 bits per heavy atom. The summed E-state index contributed by atoms with van der Waals surface area (Å²) >= 11 is 0. The predicted molar refractivity (Wildman–Crippen MR) is 83.3 cm³/mol. The van der Waals surface area contributed by atoms with E-state index in [-0.39, 0.29) is 12.0 Å². The first-order valence-electron chi connectivity index (χ1n) is 6.97. The highest BCUT2D eigenvalue weighted by Crippen LogP contribution is 2.21. The Morgan fingerprint density at radius 3 is 2.55 bits per heavy atom. The van der Waals surface area contributed by atoms with Crippen LogP contribution < -0.4 is 5.32 Å². The van der Waals surface area contributed by atoms with Gasteiger partial charge in [-0.25, -0.2) is 4.79 Å². The van der Waals surface area contributed by atoms with E-state index < -0.39 is 0 Å². The van der Waals surface area contributed by atoms with Crippen LogP contribution in [-0.2, 0) is 9.53 Å². The number of nitrogens with zero attached hydrogens (tertiary/aromatic N) is 1. The zero-order valence-electron chi connectivity index (χ0n) is 13.4. The first-order chi connectivity index (χ1) is 9.31. The predicted octanol–water partition coefficient (Wildman–Crippen LogP) is 2.52. The van der Waals surface area contributed by atoms with Crippen molar-refractivity contribution in [2.45, 2.75) is 33.7 Å². The molecule has 0 aliphatic carbocycles. The third kappa shape index (κ3) is 4.85. The zero-order valence-corrected chi connectivity index (χ0v) is 13.4. The monoisotopic (exact) mass is 278 g/mol. The summed E-state index contributed by atoms with van der Waals surface area (Å²) in [5.74, 6) is -0.217. The molecule has 0 aromatic heterocycles. The van der Waals surface area contributed by atoms with E-state index in [1.807, 2.05) is 25.9 Å². The minimum Gasteiger partial charge on any atom is -0.463 e. The van der Waals surface area contributed by atoms with Gasteiger partial charge in [0.2, 0.25) is 0 Å². The van der Waals surface area contributed by atoms with Crippen LogP contribution in [0.15, 0.2) is 12.1 Å². The molecule has 0 heterocycles. The van der Waals surface area contributed by atoms with Gasteiger partial charge in [0, 0.05) is 12.2 Å². The summed E-state index contributed by atoms with van der Waals surface area (Å²) in [7, 11) is 3.91. The van der Waals surface area contributed by atoms with E-state index in [1.54, 1.807) is 0 Å². The highest BCUT2D eigenvalue weighted by Gasteiger charge is 2.15. The van der Waals surface area contributed by atoms with E-state index >= 15 is 0 Å². The second-order valence-corrected chi connectivity index (χ2v) is 5.59. The normalized spacial score (nSPS) is 12.3. The largest absolute Gasteiger partial charge is 0.463 e. The maximum atomic E-state index is 11.9. The molecule has 0 saturated carbocycles. The average molecular weight is 278 g/mol. The Kier molecular flexibility index (Phi) is 6.02. The molecule has 0 aliphatic rings. The molecule has 0 spiro atoms. The summed E-state index contributed by atoms with van der Waals surface area (Å²) in [6.07, 6.45) is 0. The van der Waals surface area contributed by atoms with Gasteiger partial charge in [0.05, 0.1) is 0 Å². The molecule has 1 aromatic carbocycles. The average Bonchev–Trinajstić information content (AvgIpc) is 2.34. The second kappa shape index (κ2) is 7.29. The van der Waals surface area contributed by atoms with E-state index in [0.717, 1.165) is 12.2 Å². The number of esters is 1. The Hall–Kier alpha value is -1.55. The summed E-state index contributed by atoms with van der Waals surface area (Å²) in [5.41, 5.74) is 4.58. The first kappa shape index (κ1) is 16.5. The molecule has 1 N–H and O–H groups in total. The van der Waals surface area contributed by atoms with Crippen LogP contribution in [0.4, 0.5) is 5.69 Å². The molecular formula is C16H26N2O2. The van der Waals surface area contributed by atoms with Gasteiger partial charge in [0.15, 0.2) is 0 Å². The van der Waals surface area contributed by atoms with Crippen molar-refractivity contribution in [2.24, 2.45) is 0 Å². The van der Waals surface area contributed by atoms with Crippen molar-refractivity contribution in [3.05, 3.63) is 28.8 Å². The van der Waals surface area contributed by atoms with Gasteiger partial charge in [0.25, 0.3) is 0 Å². The van der Waals surface area contributed by atoms with Gasteiger partial charge in [-0.3, -0.25) is 0 Å². The molecule has 0 saturated heterocycles. The lowest BCUT2D eigenvalue weighted by Gasteiger charge is -2.18. The van der Waals surface area contributed by atoms with E-state index in [1.165, 1.54) is 16.7 Å². The van der Waals surface area contributed by atoms with Gasteiger partial charge in [-0.05, 0) is 64.5 Å². The molecule has 0 aliphatic heterocycles. The Morgan fingerprint density at radius 1 is 1.30 bits per heavy atom. The van der Waals surface area contributed by atoms with Gasteiger partial charge >= 0.3 is 5.97 Å². The molecule has 0 unspecified atom stereocenters. The SMILES string of the molecule is Cc1cc(C)c(C)c(N[C@@H](C)C(=O)OCCN(C)C)c1. The van der Waals surface area contributed by atoms with E-state index in [2.05, 4.69) is 38.2 Å². The highest BCUT2D eigenvalue weighted by molar-refractivity contribution is 5.79. The fourth-order valence-corrected chi connectivity index (χ4v) is 1.94. The number of hydrogen-bond acceptors (Lipinski definition) is 4. The topological polar surface area (TPSA) is 41.6 Å². The number of carbonyl (C=O) groups excluding carboxylic acids is 1. The number of nitrogens with one attached hydrogen (secondary N) is 1. The molecule has 1 aromatic rings. The molecule has 0 bridgehead atoms. The highest BCUT2D eigenvalue weighted by atomic mass is 16.5. The lowest BCUT2D eigenvalue weighted by atomic mass is 10.0. The Labute approximate surface area is 122 Å². The summed E-state index contributed by atoms with van der Waals surface area (Å²) in [5, 5.41) is 3.24. The van der Waals surface area contributed by atoms with Crippen LogP contribution in [0.1, 0.15) is 23.6 Å². The molecule has 0 radical (unpaired) electrons. The van der Waals surface area contributed by atoms with E-state index in [4.69, 9.17) is 4.74 Å². The Bertz CT molecular complexity index is 470. The van der Waals surface area contributed by atoms with Crippen molar-refractivity contribution in [3.8, 4) is 0 Å². The lowest BCUT2D eigenvalue weighted by molar-refractivity contribution is -0.144. The van der Waals surface area contributed by atoms with Crippen molar-refractivity contribution in [1.29, 1.82) is 0 Å². The molecule has 0 amide bonds. The van der Waals surface area contributed by atoms with Crippen molar-refractivity contribution in [1.82, 2.24) is 4.90 Å². The molecule has 4 nitrogen and oxygen atoms in total. The summed E-state index contributed by atoms with van der Waals surface area (Å²) < 4.78 is 5.24. The summed E-state index contributed by atoms with van der Waals surface area (Å²) in [6, 6.07) is 3.85. The van der Waals surface area contributed by atoms with E-state index in [9.17, 15) is 4.79 Å². The maximum Gasteiger partial charge on any atom is 0.328 e. The number of rotatable bonds is 6. The number of anilines is 1. The third-order valence-corrected chi connectivity index (χ3v) is 3.32. The van der Waals surface area contributed by atoms with Crippen LogP contribution in [0.5, 0.6) is 0 Å². The number of aryl methyl sites for hydroxylation is 2. The molecule has 4 heteroatoms. The minimum absolute atomic E-state index is 0.217. The fourth-order valence-electron chi connectivity index (χ4n) is 1.94. The number of hydrogen-bond donors (Lipinski definition) is 1. The van der Waals surface area contributed by atoms with Crippen molar-refractivity contribution >= 4 is 11.7 Å².